The van der Waals surface area contributed by atoms with Gasteiger partial charge in [-0.05, 0) is 36.8 Å². The number of nitrogens with one attached hydrogen (secondary N) is 1. The monoisotopic (exact) mass is 429 g/mol. The van der Waals surface area contributed by atoms with E-state index in [9.17, 15) is 14.0 Å². The Kier molecular flexibility index (Phi) is 5.43. The van der Waals surface area contributed by atoms with Gasteiger partial charge in [0, 0.05) is 22.7 Å². The highest BCUT2D eigenvalue weighted by atomic mass is 35.5. The number of thioether (sulfide) groups is 1. The van der Waals surface area contributed by atoms with Crippen molar-refractivity contribution in [2.75, 3.05) is 4.90 Å². The highest BCUT2D eigenvalue weighted by Gasteiger charge is 2.33. The number of aromatic nitrogens is 1. The predicted octanol–water partition coefficient (Wildman–Crippen LogP) is 4.39. The Labute approximate surface area is 175 Å². The molecule has 1 aliphatic rings. The first kappa shape index (κ1) is 19.7. The predicted molar refractivity (Wildman–Crippen MR) is 117 cm³/mol. The van der Waals surface area contributed by atoms with E-state index in [1.165, 1.54) is 40.9 Å². The highest BCUT2D eigenvalue weighted by molar-refractivity contribution is 8.13. The second-order valence-corrected chi connectivity index (χ2v) is 8.18. The van der Waals surface area contributed by atoms with Crippen molar-refractivity contribution in [2.24, 2.45) is 4.99 Å². The number of aromatic amines is 1. The number of anilines is 1. The van der Waals surface area contributed by atoms with Crippen LogP contribution in [0.15, 0.2) is 58.3 Å². The summed E-state index contributed by atoms with van der Waals surface area (Å²) >= 11 is 7.32. The fourth-order valence-electron chi connectivity index (χ4n) is 3.33. The van der Waals surface area contributed by atoms with Gasteiger partial charge in [-0.25, -0.2) is 4.39 Å². The van der Waals surface area contributed by atoms with Crippen LogP contribution in [0.25, 0.3) is 10.9 Å². The van der Waals surface area contributed by atoms with Crippen LogP contribution in [0.4, 0.5) is 10.1 Å². The van der Waals surface area contributed by atoms with Gasteiger partial charge < -0.3 is 9.88 Å². The SMILES string of the molecule is CC1N=CSC1C(=O)N(Cc1cc(=O)[nH]c2ccccc12)c1ccc(F)c(Cl)c1. The number of hydrogen-bond acceptors (Lipinski definition) is 4. The molecule has 0 radical (unpaired) electrons. The summed E-state index contributed by atoms with van der Waals surface area (Å²) in [6.07, 6.45) is 0. The minimum atomic E-state index is -0.559. The van der Waals surface area contributed by atoms with Crippen LogP contribution in [0.2, 0.25) is 5.02 Å². The first-order valence-electron chi connectivity index (χ1n) is 8.98. The summed E-state index contributed by atoms with van der Waals surface area (Å²) in [5.41, 5.74) is 3.26. The number of hydrogen-bond donors (Lipinski definition) is 1. The molecule has 0 bridgehead atoms. The van der Waals surface area contributed by atoms with E-state index in [4.69, 9.17) is 11.6 Å². The maximum Gasteiger partial charge on any atom is 0.248 e. The Morgan fingerprint density at radius 1 is 1.28 bits per heavy atom. The fraction of sp³-hybridized carbons (Fsp3) is 0.190. The van der Waals surface area contributed by atoms with Gasteiger partial charge in [-0.3, -0.25) is 14.6 Å². The summed E-state index contributed by atoms with van der Waals surface area (Å²) in [5.74, 6) is -0.733. The summed E-state index contributed by atoms with van der Waals surface area (Å²) in [5, 5.41) is 0.369. The average molecular weight is 430 g/mol. The molecule has 29 heavy (non-hydrogen) atoms. The van der Waals surface area contributed by atoms with E-state index in [0.29, 0.717) is 16.8 Å². The minimum Gasteiger partial charge on any atom is -0.322 e. The van der Waals surface area contributed by atoms with Crippen LogP contribution in [0.5, 0.6) is 0 Å². The smallest absolute Gasteiger partial charge is 0.248 e. The largest absolute Gasteiger partial charge is 0.322 e. The van der Waals surface area contributed by atoms with Gasteiger partial charge in [0.1, 0.15) is 11.1 Å². The summed E-state index contributed by atoms with van der Waals surface area (Å²) in [7, 11) is 0. The lowest BCUT2D eigenvalue weighted by Crippen LogP contribution is -2.40. The van der Waals surface area contributed by atoms with E-state index in [1.54, 1.807) is 5.55 Å². The first-order valence-corrected chi connectivity index (χ1v) is 10.3. The second-order valence-electron chi connectivity index (χ2n) is 6.78. The number of benzene rings is 2. The van der Waals surface area contributed by atoms with Crippen molar-refractivity contribution < 1.29 is 9.18 Å². The van der Waals surface area contributed by atoms with E-state index in [1.807, 2.05) is 31.2 Å². The summed E-state index contributed by atoms with van der Waals surface area (Å²) in [6, 6.07) is 12.9. The van der Waals surface area contributed by atoms with Gasteiger partial charge in [0.05, 0.1) is 23.2 Å². The molecule has 1 amide bonds. The Balaban J connectivity index is 1.79. The molecule has 8 heteroatoms. The van der Waals surface area contributed by atoms with Crippen LogP contribution in [0.3, 0.4) is 0 Å². The fourth-order valence-corrected chi connectivity index (χ4v) is 4.44. The second kappa shape index (κ2) is 8.00. The lowest BCUT2D eigenvalue weighted by Gasteiger charge is -2.27. The Hall–Kier alpha value is -2.64. The van der Waals surface area contributed by atoms with Gasteiger partial charge in [0.2, 0.25) is 11.5 Å². The van der Waals surface area contributed by atoms with Crippen molar-refractivity contribution in [1.29, 1.82) is 0 Å². The number of halogens is 2. The normalized spacial score (nSPS) is 18.3. The molecule has 5 nitrogen and oxygen atoms in total. The zero-order valence-corrected chi connectivity index (χ0v) is 17.0. The van der Waals surface area contributed by atoms with Crippen LogP contribution < -0.4 is 10.5 Å². The highest BCUT2D eigenvalue weighted by Crippen LogP contribution is 2.30. The molecule has 0 saturated carbocycles. The number of carbonyl (C=O) groups excluding carboxylic acids is 1. The Morgan fingerprint density at radius 2 is 2.07 bits per heavy atom. The van der Waals surface area contributed by atoms with Crippen LogP contribution >= 0.6 is 23.4 Å². The van der Waals surface area contributed by atoms with Crippen molar-refractivity contribution in [2.45, 2.75) is 24.8 Å². The lowest BCUT2D eigenvalue weighted by atomic mass is 10.1. The van der Waals surface area contributed by atoms with Gasteiger partial charge in [0.25, 0.3) is 0 Å². The molecule has 3 aromatic rings. The van der Waals surface area contributed by atoms with E-state index < -0.39 is 11.1 Å². The molecule has 1 aliphatic heterocycles. The quantitative estimate of drug-likeness (QED) is 0.669. The summed E-state index contributed by atoms with van der Waals surface area (Å²) in [4.78, 5) is 34.1. The van der Waals surface area contributed by atoms with Crippen molar-refractivity contribution in [3.8, 4) is 0 Å². The molecule has 148 valence electrons. The maximum atomic E-state index is 13.7. The summed E-state index contributed by atoms with van der Waals surface area (Å²) in [6.45, 7) is 2.02. The van der Waals surface area contributed by atoms with Gasteiger partial charge in [0.15, 0.2) is 0 Å². The number of para-hydroxylation sites is 1. The third kappa shape index (κ3) is 3.93. The molecular formula is C21H17ClFN3O2S. The Morgan fingerprint density at radius 3 is 2.79 bits per heavy atom. The molecule has 2 atom stereocenters. The Bertz CT molecular complexity index is 1180. The number of aliphatic imine (C=N–C) groups is 1. The standard InChI is InChI=1S/C21H17ClFN3O2S/c1-12-20(29-11-24-12)21(28)26(14-6-7-17(23)16(22)9-14)10-13-8-19(27)25-18-5-3-2-4-15(13)18/h2-9,11-12,20H,10H2,1H3,(H,25,27). The molecule has 2 unspecified atom stereocenters. The number of pyridine rings is 1. The molecule has 0 fully saturated rings. The number of carbonyl (C=O) groups is 1. The van der Waals surface area contributed by atoms with Crippen molar-refractivity contribution in [3.63, 3.8) is 0 Å². The van der Waals surface area contributed by atoms with E-state index in [0.717, 1.165) is 5.39 Å². The van der Waals surface area contributed by atoms with Crippen molar-refractivity contribution >= 4 is 51.4 Å². The molecule has 2 heterocycles. The van der Waals surface area contributed by atoms with Gasteiger partial charge >= 0.3 is 0 Å². The third-order valence-electron chi connectivity index (χ3n) is 4.83. The zero-order valence-electron chi connectivity index (χ0n) is 15.4. The molecule has 0 spiro atoms. The number of fused-ring (bicyclic) bond motifs is 1. The number of rotatable bonds is 4. The van der Waals surface area contributed by atoms with E-state index >= 15 is 0 Å². The van der Waals surface area contributed by atoms with Crippen LogP contribution in [-0.2, 0) is 11.3 Å². The minimum absolute atomic E-state index is 0.0700. The van der Waals surface area contributed by atoms with E-state index in [-0.39, 0.29) is 29.1 Å². The molecular weight excluding hydrogens is 413 g/mol. The van der Waals surface area contributed by atoms with Crippen LogP contribution in [-0.4, -0.2) is 27.7 Å². The third-order valence-corrected chi connectivity index (χ3v) is 6.25. The number of nitrogens with zero attached hydrogens (tertiary/aromatic N) is 2. The summed E-state index contributed by atoms with van der Waals surface area (Å²) < 4.78 is 13.7. The van der Waals surface area contributed by atoms with Crippen molar-refractivity contribution in [1.82, 2.24) is 4.98 Å². The molecule has 2 aromatic carbocycles. The topological polar surface area (TPSA) is 65.5 Å². The molecule has 1 N–H and O–H groups in total. The van der Waals surface area contributed by atoms with Gasteiger partial charge in [-0.2, -0.15) is 0 Å². The molecule has 1 aromatic heterocycles. The lowest BCUT2D eigenvalue weighted by molar-refractivity contribution is -0.118. The maximum absolute atomic E-state index is 13.7. The molecule has 0 saturated heterocycles. The number of H-pyrrole nitrogens is 1. The van der Waals surface area contributed by atoms with Crippen molar-refractivity contribution in [3.05, 3.63) is 75.3 Å². The number of amides is 1. The zero-order chi connectivity index (χ0) is 20.5. The van der Waals surface area contributed by atoms with Gasteiger partial charge in [-0.15, -0.1) is 0 Å². The van der Waals surface area contributed by atoms with Gasteiger partial charge in [-0.1, -0.05) is 41.6 Å². The van der Waals surface area contributed by atoms with Crippen LogP contribution in [0.1, 0.15) is 12.5 Å². The van der Waals surface area contributed by atoms with Crippen LogP contribution in [0, 0.1) is 5.82 Å². The molecule has 0 aliphatic carbocycles. The molecule has 4 rings (SSSR count). The van der Waals surface area contributed by atoms with E-state index in [2.05, 4.69) is 9.98 Å². The average Bonchev–Trinajstić information content (AvgIpc) is 3.13. The first-order chi connectivity index (χ1) is 13.9.